The number of rotatable bonds is 4. The van der Waals surface area contributed by atoms with Gasteiger partial charge in [0.05, 0.1) is 22.2 Å². The molecular weight excluding hydrogens is 298 g/mol. The number of anilines is 1. The number of benzene rings is 2. The van der Waals surface area contributed by atoms with E-state index in [2.05, 4.69) is 4.72 Å². The van der Waals surface area contributed by atoms with Crippen LogP contribution in [-0.4, -0.2) is 13.5 Å². The van der Waals surface area contributed by atoms with Gasteiger partial charge in [0.2, 0.25) is 0 Å². The number of aryl methyl sites for hydroxylation is 1. The van der Waals surface area contributed by atoms with Crippen molar-refractivity contribution < 1.29 is 13.5 Å². The van der Waals surface area contributed by atoms with Crippen molar-refractivity contribution in [1.82, 2.24) is 0 Å². The molecule has 0 amide bonds. The summed E-state index contributed by atoms with van der Waals surface area (Å²) < 4.78 is 27.3. The van der Waals surface area contributed by atoms with E-state index in [1.54, 1.807) is 43.3 Å². The van der Waals surface area contributed by atoms with Crippen LogP contribution >= 0.6 is 11.6 Å². The third kappa shape index (κ3) is 2.95. The van der Waals surface area contributed by atoms with Gasteiger partial charge in [-0.15, -0.1) is 0 Å². The Labute approximate surface area is 123 Å². The summed E-state index contributed by atoms with van der Waals surface area (Å²) in [5.41, 5.74) is 1.41. The fraction of sp³-hybridized carbons (Fsp3) is 0.143. The summed E-state index contributed by atoms with van der Waals surface area (Å²) in [6, 6.07) is 11.4. The number of nitrogens with one attached hydrogen (secondary N) is 1. The molecule has 0 saturated carbocycles. The molecule has 0 radical (unpaired) electrons. The normalized spacial score (nSPS) is 11.3. The molecule has 20 heavy (non-hydrogen) atoms. The first-order valence-electron chi connectivity index (χ1n) is 5.92. The average Bonchev–Trinajstić information content (AvgIpc) is 2.43. The number of para-hydroxylation sites is 1. The molecule has 0 saturated heterocycles. The van der Waals surface area contributed by atoms with Crippen molar-refractivity contribution in [3.63, 3.8) is 0 Å². The van der Waals surface area contributed by atoms with Gasteiger partial charge in [-0.1, -0.05) is 41.9 Å². The Hall–Kier alpha value is -1.56. The van der Waals surface area contributed by atoms with Gasteiger partial charge in [0.15, 0.2) is 0 Å². The summed E-state index contributed by atoms with van der Waals surface area (Å²) in [4.78, 5) is 0.0434. The smallest absolute Gasteiger partial charge is 0.262 e. The van der Waals surface area contributed by atoms with Gasteiger partial charge in [-0.2, -0.15) is 0 Å². The van der Waals surface area contributed by atoms with Gasteiger partial charge < -0.3 is 5.11 Å². The maximum absolute atomic E-state index is 12.4. The van der Waals surface area contributed by atoms with Crippen LogP contribution in [0, 0.1) is 6.92 Å². The second-order valence-electron chi connectivity index (χ2n) is 4.30. The summed E-state index contributed by atoms with van der Waals surface area (Å²) in [5.74, 6) is 0. The van der Waals surface area contributed by atoms with Gasteiger partial charge in [0, 0.05) is 0 Å². The number of aliphatic hydroxyl groups is 1. The number of aliphatic hydroxyl groups excluding tert-OH is 1. The highest BCUT2D eigenvalue weighted by molar-refractivity contribution is 7.92. The zero-order valence-corrected chi connectivity index (χ0v) is 12.4. The topological polar surface area (TPSA) is 66.4 Å². The molecule has 0 bridgehead atoms. The first kappa shape index (κ1) is 14.8. The van der Waals surface area contributed by atoms with Crippen LogP contribution < -0.4 is 4.72 Å². The van der Waals surface area contributed by atoms with E-state index in [1.807, 2.05) is 0 Å². The van der Waals surface area contributed by atoms with E-state index in [1.165, 1.54) is 6.07 Å². The average molecular weight is 312 g/mol. The molecule has 0 unspecified atom stereocenters. The molecule has 0 spiro atoms. The van der Waals surface area contributed by atoms with Gasteiger partial charge in [0.25, 0.3) is 10.0 Å². The van der Waals surface area contributed by atoms with Crippen molar-refractivity contribution in [2.45, 2.75) is 18.4 Å². The first-order valence-corrected chi connectivity index (χ1v) is 7.78. The zero-order valence-electron chi connectivity index (χ0n) is 10.8. The Balaban J connectivity index is 2.47. The van der Waals surface area contributed by atoms with Crippen LogP contribution in [0.4, 0.5) is 5.69 Å². The summed E-state index contributed by atoms with van der Waals surface area (Å²) in [7, 11) is -3.80. The second-order valence-corrected chi connectivity index (χ2v) is 6.36. The van der Waals surface area contributed by atoms with E-state index < -0.39 is 10.0 Å². The van der Waals surface area contributed by atoms with Gasteiger partial charge in [-0.3, -0.25) is 4.72 Å². The summed E-state index contributed by atoms with van der Waals surface area (Å²) in [6.07, 6.45) is 0. The van der Waals surface area contributed by atoms with Gasteiger partial charge in [-0.25, -0.2) is 8.42 Å². The molecule has 4 nitrogen and oxygen atoms in total. The monoisotopic (exact) mass is 311 g/mol. The zero-order chi connectivity index (χ0) is 14.8. The summed E-state index contributed by atoms with van der Waals surface area (Å²) in [5, 5.41) is 9.57. The lowest BCUT2D eigenvalue weighted by molar-refractivity contribution is 0.278. The Morgan fingerprint density at radius 2 is 1.85 bits per heavy atom. The van der Waals surface area contributed by atoms with Crippen molar-refractivity contribution in [3.8, 4) is 0 Å². The number of halogens is 1. The van der Waals surface area contributed by atoms with Crippen LogP contribution in [-0.2, 0) is 16.6 Å². The maximum Gasteiger partial charge on any atom is 0.262 e. The van der Waals surface area contributed by atoms with E-state index in [0.717, 1.165) is 5.56 Å². The lowest BCUT2D eigenvalue weighted by atomic mass is 10.2. The number of sulfonamides is 1. The predicted molar refractivity (Wildman–Crippen MR) is 79.4 cm³/mol. The molecule has 0 aliphatic heterocycles. The number of hydrogen-bond donors (Lipinski definition) is 2. The highest BCUT2D eigenvalue weighted by Crippen LogP contribution is 2.28. The molecule has 0 fully saturated rings. The van der Waals surface area contributed by atoms with Crippen LogP contribution in [0.5, 0.6) is 0 Å². The van der Waals surface area contributed by atoms with Crippen molar-refractivity contribution in [2.75, 3.05) is 4.72 Å². The molecule has 0 aromatic heterocycles. The van der Waals surface area contributed by atoms with E-state index in [4.69, 9.17) is 11.6 Å². The number of hydrogen-bond acceptors (Lipinski definition) is 3. The fourth-order valence-electron chi connectivity index (χ4n) is 1.85. The molecule has 2 rings (SSSR count). The summed E-state index contributed by atoms with van der Waals surface area (Å²) in [6.45, 7) is 1.42. The summed E-state index contributed by atoms with van der Waals surface area (Å²) >= 11 is 6.02. The third-order valence-electron chi connectivity index (χ3n) is 2.89. The molecule has 0 heterocycles. The molecule has 0 atom stereocenters. The molecule has 0 aliphatic carbocycles. The van der Waals surface area contributed by atoms with Crippen LogP contribution in [0.3, 0.4) is 0 Å². The minimum atomic E-state index is -3.80. The van der Waals surface area contributed by atoms with E-state index in [0.29, 0.717) is 16.3 Å². The molecule has 2 aromatic carbocycles. The Bertz CT molecular complexity index is 709. The van der Waals surface area contributed by atoms with Crippen LogP contribution in [0.15, 0.2) is 47.4 Å². The van der Waals surface area contributed by atoms with Gasteiger partial charge in [-0.05, 0) is 30.2 Å². The molecular formula is C14H14ClNO3S. The minimum Gasteiger partial charge on any atom is -0.392 e. The molecule has 0 aliphatic rings. The Kier molecular flexibility index (Phi) is 4.32. The molecule has 2 aromatic rings. The van der Waals surface area contributed by atoms with Gasteiger partial charge in [0.1, 0.15) is 0 Å². The lowest BCUT2D eigenvalue weighted by Gasteiger charge is -2.14. The lowest BCUT2D eigenvalue weighted by Crippen LogP contribution is -2.16. The van der Waals surface area contributed by atoms with E-state index >= 15 is 0 Å². The van der Waals surface area contributed by atoms with Crippen molar-refractivity contribution in [2.24, 2.45) is 0 Å². The van der Waals surface area contributed by atoms with Crippen LogP contribution in [0.25, 0.3) is 0 Å². The predicted octanol–water partition coefficient (Wildman–Crippen LogP) is 2.94. The first-order chi connectivity index (χ1) is 9.45. The van der Waals surface area contributed by atoms with Crippen LogP contribution in [0.2, 0.25) is 5.02 Å². The Morgan fingerprint density at radius 1 is 1.15 bits per heavy atom. The quantitative estimate of drug-likeness (QED) is 0.912. The largest absolute Gasteiger partial charge is 0.392 e. The highest BCUT2D eigenvalue weighted by atomic mass is 35.5. The highest BCUT2D eigenvalue weighted by Gasteiger charge is 2.19. The maximum atomic E-state index is 12.4. The third-order valence-corrected chi connectivity index (χ3v) is 4.66. The molecule has 6 heteroatoms. The Morgan fingerprint density at radius 3 is 2.50 bits per heavy atom. The van der Waals surface area contributed by atoms with Crippen molar-refractivity contribution in [3.05, 3.63) is 58.6 Å². The standard InChI is InChI=1S/C14H14ClNO3S/c1-10-5-4-7-12(15)14(10)16-20(18,19)13-8-3-2-6-11(13)9-17/h2-8,16-17H,9H2,1H3. The molecule has 106 valence electrons. The SMILES string of the molecule is Cc1cccc(Cl)c1NS(=O)(=O)c1ccccc1CO. The van der Waals surface area contributed by atoms with Crippen LogP contribution in [0.1, 0.15) is 11.1 Å². The van der Waals surface area contributed by atoms with Gasteiger partial charge >= 0.3 is 0 Å². The fourth-order valence-corrected chi connectivity index (χ4v) is 3.56. The minimum absolute atomic E-state index is 0.0434. The van der Waals surface area contributed by atoms with Crippen molar-refractivity contribution >= 4 is 27.3 Å². The van der Waals surface area contributed by atoms with Crippen molar-refractivity contribution in [1.29, 1.82) is 0 Å². The van der Waals surface area contributed by atoms with E-state index in [-0.39, 0.29) is 11.5 Å². The molecule has 2 N–H and O–H groups in total. The second kappa shape index (κ2) is 5.83. The van der Waals surface area contributed by atoms with E-state index in [9.17, 15) is 13.5 Å².